The van der Waals surface area contributed by atoms with Crippen molar-refractivity contribution in [3.63, 3.8) is 0 Å². The molecule has 46 heavy (non-hydrogen) atoms. The van der Waals surface area contributed by atoms with Crippen LogP contribution in [0.2, 0.25) is 0 Å². The van der Waals surface area contributed by atoms with E-state index in [2.05, 4.69) is 90.5 Å². The third-order valence-corrected chi connectivity index (χ3v) is 10.8. The molecule has 7 heteroatoms. The first-order valence-corrected chi connectivity index (χ1v) is 17.1. The van der Waals surface area contributed by atoms with Crippen molar-refractivity contribution in [1.29, 1.82) is 0 Å². The highest BCUT2D eigenvalue weighted by molar-refractivity contribution is 7.16. The van der Waals surface area contributed by atoms with E-state index >= 15 is 0 Å². The van der Waals surface area contributed by atoms with Gasteiger partial charge in [-0.25, -0.2) is 4.98 Å². The second-order valence-corrected chi connectivity index (χ2v) is 13.0. The summed E-state index contributed by atoms with van der Waals surface area (Å²) in [6, 6.07) is 34.0. The number of methoxy groups -OCH3 is 2. The van der Waals surface area contributed by atoms with Gasteiger partial charge in [0.05, 0.1) is 24.8 Å². The van der Waals surface area contributed by atoms with Crippen LogP contribution in [-0.2, 0) is 5.60 Å². The zero-order valence-electron chi connectivity index (χ0n) is 27.0. The van der Waals surface area contributed by atoms with Gasteiger partial charge in [0.2, 0.25) is 0 Å². The lowest BCUT2D eigenvalue weighted by atomic mass is 9.81. The number of ether oxygens (including phenoxy) is 3. The lowest BCUT2D eigenvalue weighted by Crippen LogP contribution is -2.38. The molecule has 1 fully saturated rings. The van der Waals surface area contributed by atoms with Gasteiger partial charge in [-0.3, -0.25) is 0 Å². The molecular formula is C39H41N3O3S. The van der Waals surface area contributed by atoms with Crippen LogP contribution in [0.15, 0.2) is 97.1 Å². The molecule has 0 radical (unpaired) electrons. The fraction of sp³-hybridized carbons (Fsp3) is 0.308. The van der Waals surface area contributed by atoms with E-state index in [9.17, 15) is 0 Å². The molecule has 4 aromatic carbocycles. The summed E-state index contributed by atoms with van der Waals surface area (Å²) < 4.78 is 18.2. The molecular weight excluding hydrogens is 591 g/mol. The molecule has 5 aromatic rings. The van der Waals surface area contributed by atoms with Crippen LogP contribution < -0.4 is 24.0 Å². The largest absolute Gasteiger partial charge is 0.497 e. The van der Waals surface area contributed by atoms with E-state index in [4.69, 9.17) is 19.2 Å². The van der Waals surface area contributed by atoms with Crippen LogP contribution in [0, 0.1) is 0 Å². The van der Waals surface area contributed by atoms with Gasteiger partial charge < -0.3 is 24.0 Å². The summed E-state index contributed by atoms with van der Waals surface area (Å²) in [5, 5.41) is 1.08. The van der Waals surface area contributed by atoms with Crippen LogP contribution in [0.25, 0.3) is 11.3 Å². The Kier molecular flexibility index (Phi) is 8.34. The van der Waals surface area contributed by atoms with Gasteiger partial charge in [0.1, 0.15) is 17.2 Å². The van der Waals surface area contributed by atoms with E-state index in [0.29, 0.717) is 6.04 Å². The average molecular weight is 632 g/mol. The van der Waals surface area contributed by atoms with E-state index in [1.54, 1.807) is 25.6 Å². The molecule has 2 aliphatic rings. The fourth-order valence-corrected chi connectivity index (χ4v) is 8.39. The van der Waals surface area contributed by atoms with Crippen molar-refractivity contribution in [2.24, 2.45) is 0 Å². The summed E-state index contributed by atoms with van der Waals surface area (Å²) in [4.78, 5) is 11.3. The Labute approximate surface area is 276 Å². The molecule has 7 rings (SSSR count). The summed E-state index contributed by atoms with van der Waals surface area (Å²) in [5.41, 5.74) is 5.40. The van der Waals surface area contributed by atoms with E-state index in [-0.39, 0.29) is 0 Å². The van der Waals surface area contributed by atoms with Crippen molar-refractivity contribution in [1.82, 2.24) is 4.98 Å². The minimum atomic E-state index is -0.894. The van der Waals surface area contributed by atoms with Crippen LogP contribution in [-0.4, -0.2) is 38.8 Å². The standard InChI is InChI=1S/C39H41N3O3S/c1-5-42(31-11-7-6-8-12-31)38-40-36-34-13-9-10-14-35(34)45-39(37(36)46-38,28-17-23-32(43-3)24-18-28)27-15-19-29(20-16-27)41(2)30-21-25-33(44-4)26-22-30/h9-10,13-26,31H,5-8,11-12H2,1-4H3. The maximum Gasteiger partial charge on any atom is 0.195 e. The predicted molar refractivity (Wildman–Crippen MR) is 188 cm³/mol. The van der Waals surface area contributed by atoms with E-state index in [0.717, 1.165) is 67.6 Å². The minimum Gasteiger partial charge on any atom is -0.497 e. The molecule has 2 heterocycles. The molecule has 0 saturated heterocycles. The number of nitrogens with zero attached hydrogens (tertiary/aromatic N) is 3. The second-order valence-electron chi connectivity index (χ2n) is 12.1. The molecule has 1 aliphatic heterocycles. The van der Waals surface area contributed by atoms with Gasteiger partial charge >= 0.3 is 0 Å². The monoisotopic (exact) mass is 631 g/mol. The quantitative estimate of drug-likeness (QED) is 0.162. The van der Waals surface area contributed by atoms with Crippen LogP contribution >= 0.6 is 11.3 Å². The first kappa shape index (κ1) is 30.2. The number of aromatic nitrogens is 1. The van der Waals surface area contributed by atoms with Gasteiger partial charge in [-0.1, -0.05) is 67.0 Å². The molecule has 1 unspecified atom stereocenters. The Hall–Kier alpha value is -4.49. The Balaban J connectivity index is 1.38. The Morgan fingerprint density at radius 1 is 0.783 bits per heavy atom. The van der Waals surface area contributed by atoms with Gasteiger partial charge in [0, 0.05) is 47.7 Å². The molecule has 1 saturated carbocycles. The highest BCUT2D eigenvalue weighted by atomic mass is 32.1. The molecule has 0 spiro atoms. The molecule has 1 atom stereocenters. The number of hydrogen-bond donors (Lipinski definition) is 0. The van der Waals surface area contributed by atoms with Crippen LogP contribution in [0.3, 0.4) is 0 Å². The van der Waals surface area contributed by atoms with Gasteiger partial charge in [-0.05, 0) is 80.4 Å². The van der Waals surface area contributed by atoms with E-state index < -0.39 is 5.60 Å². The SMILES string of the molecule is CCN(c1nc2c(s1)C(c1ccc(OC)cc1)(c1ccc(N(C)c3ccc(OC)cc3)cc1)Oc1ccccc1-2)C1CCCCC1. The lowest BCUT2D eigenvalue weighted by molar-refractivity contribution is 0.155. The number of anilines is 3. The first-order valence-electron chi connectivity index (χ1n) is 16.2. The summed E-state index contributed by atoms with van der Waals surface area (Å²) >= 11 is 1.78. The lowest BCUT2D eigenvalue weighted by Gasteiger charge is -2.39. The van der Waals surface area contributed by atoms with Crippen molar-refractivity contribution in [2.75, 3.05) is 37.6 Å². The van der Waals surface area contributed by atoms with Gasteiger partial charge in [-0.15, -0.1) is 0 Å². The van der Waals surface area contributed by atoms with Crippen molar-refractivity contribution in [3.05, 3.63) is 113 Å². The second kappa shape index (κ2) is 12.7. The highest BCUT2D eigenvalue weighted by Crippen LogP contribution is 2.55. The Morgan fingerprint density at radius 2 is 1.35 bits per heavy atom. The molecule has 1 aromatic heterocycles. The number of hydrogen-bond acceptors (Lipinski definition) is 7. The first-order chi connectivity index (χ1) is 22.5. The topological polar surface area (TPSA) is 47.1 Å². The van der Waals surface area contributed by atoms with Crippen molar-refractivity contribution >= 4 is 27.8 Å². The Morgan fingerprint density at radius 3 is 1.96 bits per heavy atom. The van der Waals surface area contributed by atoms with Crippen molar-refractivity contribution < 1.29 is 14.2 Å². The molecule has 1 aliphatic carbocycles. The van der Waals surface area contributed by atoms with Gasteiger partial charge in [0.15, 0.2) is 10.7 Å². The fourth-order valence-electron chi connectivity index (χ4n) is 7.00. The summed E-state index contributed by atoms with van der Waals surface area (Å²) in [6.45, 7) is 3.19. The molecule has 0 amide bonds. The molecule has 0 bridgehead atoms. The summed E-state index contributed by atoms with van der Waals surface area (Å²) in [7, 11) is 5.48. The zero-order valence-corrected chi connectivity index (χ0v) is 27.8. The molecule has 236 valence electrons. The number of rotatable bonds is 9. The normalized spacial score (nSPS) is 17.4. The molecule has 0 N–H and O–H groups in total. The minimum absolute atomic E-state index is 0.519. The third-order valence-electron chi connectivity index (χ3n) is 9.56. The van der Waals surface area contributed by atoms with Crippen molar-refractivity contribution in [3.8, 4) is 28.5 Å². The Bertz CT molecular complexity index is 1780. The van der Waals surface area contributed by atoms with Crippen LogP contribution in [0.1, 0.15) is 55.0 Å². The van der Waals surface area contributed by atoms with Crippen molar-refractivity contribution in [2.45, 2.75) is 50.7 Å². The maximum absolute atomic E-state index is 7.26. The molecule has 6 nitrogen and oxygen atoms in total. The van der Waals surface area contributed by atoms with E-state index in [1.165, 1.54) is 32.1 Å². The zero-order chi connectivity index (χ0) is 31.7. The number of para-hydroxylation sites is 1. The number of benzene rings is 4. The smallest absolute Gasteiger partial charge is 0.195 e. The van der Waals surface area contributed by atoms with Crippen LogP contribution in [0.5, 0.6) is 17.2 Å². The van der Waals surface area contributed by atoms with Gasteiger partial charge in [-0.2, -0.15) is 0 Å². The number of thiazole rings is 1. The van der Waals surface area contributed by atoms with Gasteiger partial charge in [0.25, 0.3) is 0 Å². The van der Waals surface area contributed by atoms with Crippen LogP contribution in [0.4, 0.5) is 16.5 Å². The predicted octanol–water partition coefficient (Wildman–Crippen LogP) is 9.44. The number of fused-ring (bicyclic) bond motifs is 3. The maximum atomic E-state index is 7.26. The summed E-state index contributed by atoms with van der Waals surface area (Å²) in [6.07, 6.45) is 6.33. The highest BCUT2D eigenvalue weighted by Gasteiger charge is 2.47. The average Bonchev–Trinajstić information content (AvgIpc) is 3.58. The van der Waals surface area contributed by atoms with E-state index in [1.807, 2.05) is 30.3 Å². The third kappa shape index (κ3) is 5.26. The summed E-state index contributed by atoms with van der Waals surface area (Å²) in [5.74, 6) is 2.49.